The van der Waals surface area contributed by atoms with Crippen LogP contribution in [0.5, 0.6) is 0 Å². The highest BCUT2D eigenvalue weighted by molar-refractivity contribution is 6.37. The SMILES string of the molecule is CC(C)(C)c1cc(N(c2ccccc2)c2ccccc2)c2c(c1)c1cc(C(C)(C)C)cc3c4cc5c(cc4n2c31)c1c2ccccc2cc2c3c4ccccc4cc(N(c4ccccc4)c4ccccc4)c3n5c21. The van der Waals surface area contributed by atoms with Gasteiger partial charge in [-0.05, 0) is 141 Å². The second-order valence-electron chi connectivity index (χ2n) is 22.6. The first-order chi connectivity index (χ1) is 36.0. The molecule has 4 heterocycles. The van der Waals surface area contributed by atoms with Crippen molar-refractivity contribution in [3.8, 4) is 0 Å². The van der Waals surface area contributed by atoms with Crippen molar-refractivity contribution >= 4 is 132 Å². The van der Waals surface area contributed by atoms with Crippen molar-refractivity contribution in [2.75, 3.05) is 9.80 Å². The van der Waals surface area contributed by atoms with Crippen LogP contribution in [0, 0.1) is 0 Å². The van der Waals surface area contributed by atoms with Crippen LogP contribution >= 0.6 is 0 Å². The number of nitrogens with zero attached hydrogens (tertiary/aromatic N) is 4. The molecule has 0 saturated heterocycles. The zero-order valence-corrected chi connectivity index (χ0v) is 42.6. The molecule has 0 aliphatic carbocycles. The molecule has 0 N–H and O–H groups in total. The molecule has 0 aliphatic rings. The average Bonchev–Trinajstić information content (AvgIpc) is 4.15. The summed E-state index contributed by atoms with van der Waals surface area (Å²) >= 11 is 0. The molecule has 0 unspecified atom stereocenters. The van der Waals surface area contributed by atoms with Crippen LogP contribution in [0.2, 0.25) is 0 Å². The maximum atomic E-state index is 2.65. The van der Waals surface area contributed by atoms with Crippen LogP contribution in [0.1, 0.15) is 52.7 Å². The molecule has 4 heteroatoms. The van der Waals surface area contributed by atoms with E-state index in [1.165, 1.54) is 115 Å². The van der Waals surface area contributed by atoms with Gasteiger partial charge < -0.3 is 18.6 Å². The Morgan fingerprint density at radius 3 is 1.18 bits per heavy atom. The summed E-state index contributed by atoms with van der Waals surface area (Å²) in [6.45, 7) is 14.1. The predicted octanol–water partition coefficient (Wildman–Crippen LogP) is 19.8. The fourth-order valence-corrected chi connectivity index (χ4v) is 12.6. The van der Waals surface area contributed by atoms with Gasteiger partial charge in [-0.2, -0.15) is 0 Å². The molecule has 0 atom stereocenters. The van der Waals surface area contributed by atoms with E-state index in [1.54, 1.807) is 0 Å². The Labute approximate surface area is 430 Å². The van der Waals surface area contributed by atoms with Crippen molar-refractivity contribution in [3.05, 3.63) is 230 Å². The maximum Gasteiger partial charge on any atom is 0.0789 e. The van der Waals surface area contributed by atoms with Gasteiger partial charge in [0.05, 0.1) is 44.5 Å². The van der Waals surface area contributed by atoms with Crippen molar-refractivity contribution in [2.24, 2.45) is 0 Å². The largest absolute Gasteiger partial charge is 0.308 e. The summed E-state index contributed by atoms with van der Waals surface area (Å²) in [5.74, 6) is 0. The minimum Gasteiger partial charge on any atom is -0.308 e. The average molecular weight is 951 g/mol. The summed E-state index contributed by atoms with van der Waals surface area (Å²) < 4.78 is 5.29. The zero-order chi connectivity index (χ0) is 49.8. The topological polar surface area (TPSA) is 15.3 Å². The highest BCUT2D eigenvalue weighted by atomic mass is 15.2. The summed E-state index contributed by atoms with van der Waals surface area (Å²) in [6, 6.07) is 81.7. The Morgan fingerprint density at radius 2 is 0.662 bits per heavy atom. The summed E-state index contributed by atoms with van der Waals surface area (Å²) in [4.78, 5) is 4.95. The molecule has 354 valence electrons. The van der Waals surface area contributed by atoms with Crippen molar-refractivity contribution in [1.29, 1.82) is 0 Å². The summed E-state index contributed by atoms with van der Waals surface area (Å²) in [7, 11) is 0. The van der Waals surface area contributed by atoms with E-state index < -0.39 is 0 Å². The van der Waals surface area contributed by atoms with Crippen molar-refractivity contribution in [1.82, 2.24) is 8.80 Å². The molecule has 0 amide bonds. The van der Waals surface area contributed by atoms with E-state index in [0.717, 1.165) is 28.4 Å². The normalized spacial score (nSPS) is 12.7. The lowest BCUT2D eigenvalue weighted by atomic mass is 9.84. The fraction of sp³-hybridized carbons (Fsp3) is 0.114. The minimum atomic E-state index is -0.111. The number of hydrogen-bond donors (Lipinski definition) is 0. The predicted molar refractivity (Wildman–Crippen MR) is 318 cm³/mol. The second-order valence-corrected chi connectivity index (χ2v) is 22.6. The third-order valence-corrected chi connectivity index (χ3v) is 16.1. The van der Waals surface area contributed by atoms with Crippen LogP contribution in [-0.4, -0.2) is 8.80 Å². The number of hydrogen-bond acceptors (Lipinski definition) is 2. The van der Waals surface area contributed by atoms with Crippen molar-refractivity contribution < 1.29 is 0 Å². The van der Waals surface area contributed by atoms with E-state index in [1.807, 2.05) is 0 Å². The van der Waals surface area contributed by atoms with E-state index in [4.69, 9.17) is 0 Å². The zero-order valence-electron chi connectivity index (χ0n) is 42.6. The third kappa shape index (κ3) is 6.03. The second kappa shape index (κ2) is 15.3. The summed E-state index contributed by atoms with van der Waals surface area (Å²) in [6.07, 6.45) is 0. The van der Waals surface area contributed by atoms with Gasteiger partial charge in [-0.3, -0.25) is 0 Å². The van der Waals surface area contributed by atoms with Gasteiger partial charge >= 0.3 is 0 Å². The highest BCUT2D eigenvalue weighted by Crippen LogP contribution is 2.53. The molecule has 4 aromatic heterocycles. The Kier molecular flexibility index (Phi) is 8.87. The molecule has 0 aliphatic heterocycles. The molecule has 0 fully saturated rings. The number of benzene rings is 11. The molecule has 74 heavy (non-hydrogen) atoms. The van der Waals surface area contributed by atoms with E-state index >= 15 is 0 Å². The van der Waals surface area contributed by atoms with Crippen LogP contribution < -0.4 is 9.80 Å². The van der Waals surface area contributed by atoms with Gasteiger partial charge in [0, 0.05) is 65.8 Å². The van der Waals surface area contributed by atoms with Crippen LogP contribution in [0.15, 0.2) is 218 Å². The smallest absolute Gasteiger partial charge is 0.0789 e. The van der Waals surface area contributed by atoms with E-state index in [0.29, 0.717) is 0 Å². The van der Waals surface area contributed by atoms with E-state index in [-0.39, 0.29) is 10.8 Å². The van der Waals surface area contributed by atoms with Crippen molar-refractivity contribution in [2.45, 2.75) is 52.4 Å². The lowest BCUT2D eigenvalue weighted by Gasteiger charge is -2.29. The van der Waals surface area contributed by atoms with Crippen molar-refractivity contribution in [3.63, 3.8) is 0 Å². The Hall–Kier alpha value is -8.86. The highest BCUT2D eigenvalue weighted by Gasteiger charge is 2.31. The standard InChI is InChI=1S/C70H54N4/c1-69(2,3)45-37-54-53-41-60-57(42-59(53)73-65(54)55(38-45)56-39-46(70(4,5)6)40-62(66(56)73)72(49-29-15-9-16-30-49)50-31-17-10-18-32-50)63-51-33-21-19-23-43(51)35-58-64-52-34-22-20-24-44(52)36-61(68(64)74(60)67(58)63)71(47-25-11-7-12-26-47)48-27-13-8-14-28-48/h7-42H,1-6H3. The van der Waals surface area contributed by atoms with Gasteiger partial charge in [-0.1, -0.05) is 163 Å². The van der Waals surface area contributed by atoms with Gasteiger partial charge in [-0.15, -0.1) is 0 Å². The Balaban J connectivity index is 1.18. The van der Waals surface area contributed by atoms with Gasteiger partial charge in [-0.25, -0.2) is 0 Å². The number of rotatable bonds is 6. The summed E-state index contributed by atoms with van der Waals surface area (Å²) in [5, 5.41) is 15.2. The van der Waals surface area contributed by atoms with Gasteiger partial charge in [0.2, 0.25) is 0 Å². The molecule has 0 radical (unpaired) electrons. The summed E-state index contributed by atoms with van der Waals surface area (Å²) in [5.41, 5.74) is 16.6. The molecule has 15 rings (SSSR count). The molecule has 0 bridgehead atoms. The third-order valence-electron chi connectivity index (χ3n) is 16.1. The van der Waals surface area contributed by atoms with Crippen LogP contribution in [-0.2, 0) is 10.8 Å². The van der Waals surface area contributed by atoms with E-state index in [9.17, 15) is 0 Å². The van der Waals surface area contributed by atoms with Gasteiger partial charge in [0.15, 0.2) is 0 Å². The Bertz CT molecular complexity index is 4630. The fourth-order valence-electron chi connectivity index (χ4n) is 12.6. The lowest BCUT2D eigenvalue weighted by Crippen LogP contribution is -2.15. The lowest BCUT2D eigenvalue weighted by molar-refractivity contribution is 0.591. The molecule has 11 aromatic carbocycles. The number of aromatic nitrogens is 2. The molecule has 15 aromatic rings. The molecule has 4 nitrogen and oxygen atoms in total. The maximum absolute atomic E-state index is 2.65. The number of anilines is 6. The number of para-hydroxylation sites is 4. The van der Waals surface area contributed by atoms with Crippen LogP contribution in [0.3, 0.4) is 0 Å². The first-order valence-electron chi connectivity index (χ1n) is 26.1. The molecule has 0 spiro atoms. The van der Waals surface area contributed by atoms with Crippen LogP contribution in [0.25, 0.3) is 97.7 Å². The first-order valence-corrected chi connectivity index (χ1v) is 26.1. The quantitative estimate of drug-likeness (QED) is 0.165. The van der Waals surface area contributed by atoms with Crippen LogP contribution in [0.4, 0.5) is 34.1 Å². The molecular formula is C70H54N4. The van der Waals surface area contributed by atoms with Gasteiger partial charge in [0.1, 0.15) is 0 Å². The monoisotopic (exact) mass is 950 g/mol. The van der Waals surface area contributed by atoms with Gasteiger partial charge in [0.25, 0.3) is 0 Å². The first kappa shape index (κ1) is 42.8. The molecular weight excluding hydrogens is 897 g/mol. The molecule has 0 saturated carbocycles. The number of fused-ring (bicyclic) bond motifs is 16. The Morgan fingerprint density at radius 1 is 0.284 bits per heavy atom. The minimum absolute atomic E-state index is 0.102. The van der Waals surface area contributed by atoms with E-state index in [2.05, 4.69) is 279 Å².